The van der Waals surface area contributed by atoms with Crippen LogP contribution in [0.1, 0.15) is 33.1 Å². The number of anilines is 1. The van der Waals surface area contributed by atoms with Gasteiger partial charge < -0.3 is 10.1 Å². The van der Waals surface area contributed by atoms with Crippen molar-refractivity contribution in [3.05, 3.63) is 23.2 Å². The molecule has 1 aromatic carbocycles. The molecule has 2 nitrogen and oxygen atoms in total. The summed E-state index contributed by atoms with van der Waals surface area (Å²) in [4.78, 5) is 0. The molecule has 1 fully saturated rings. The van der Waals surface area contributed by atoms with Gasteiger partial charge in [-0.05, 0) is 44.4 Å². The van der Waals surface area contributed by atoms with E-state index in [0.29, 0.717) is 12.6 Å². The maximum Gasteiger partial charge on any atom is 0.142 e. The molecule has 2 rings (SSSR count). The molecule has 0 bridgehead atoms. The summed E-state index contributed by atoms with van der Waals surface area (Å²) in [5.41, 5.74) is 1.01. The molecule has 94 valence electrons. The van der Waals surface area contributed by atoms with Crippen LogP contribution in [0, 0.1) is 5.92 Å². The maximum atomic E-state index is 6.02. The largest absolute Gasteiger partial charge is 0.492 e. The SMILES string of the molecule is CCOc1ccc(Cl)cc1NC(C)CC1CC1. The second-order valence-corrected chi connectivity index (χ2v) is 5.23. The molecule has 1 atom stereocenters. The quantitative estimate of drug-likeness (QED) is 0.814. The van der Waals surface area contributed by atoms with Gasteiger partial charge in [-0.2, -0.15) is 0 Å². The highest BCUT2D eigenvalue weighted by atomic mass is 35.5. The van der Waals surface area contributed by atoms with Crippen molar-refractivity contribution in [1.29, 1.82) is 0 Å². The lowest BCUT2D eigenvalue weighted by atomic mass is 10.1. The highest BCUT2D eigenvalue weighted by Crippen LogP contribution is 2.35. The normalized spacial score (nSPS) is 16.6. The van der Waals surface area contributed by atoms with Crippen molar-refractivity contribution < 1.29 is 4.74 Å². The summed E-state index contributed by atoms with van der Waals surface area (Å²) in [7, 11) is 0. The van der Waals surface area contributed by atoms with Gasteiger partial charge in [-0.3, -0.25) is 0 Å². The first-order valence-electron chi connectivity index (χ1n) is 6.38. The van der Waals surface area contributed by atoms with E-state index in [2.05, 4.69) is 12.2 Å². The fourth-order valence-electron chi connectivity index (χ4n) is 2.07. The van der Waals surface area contributed by atoms with Gasteiger partial charge in [0.1, 0.15) is 5.75 Å². The van der Waals surface area contributed by atoms with E-state index in [1.807, 2.05) is 25.1 Å². The van der Waals surface area contributed by atoms with Crippen LogP contribution in [0.5, 0.6) is 5.75 Å². The summed E-state index contributed by atoms with van der Waals surface area (Å²) in [5.74, 6) is 1.81. The summed E-state index contributed by atoms with van der Waals surface area (Å²) in [5, 5.41) is 4.24. The molecule has 0 radical (unpaired) electrons. The minimum absolute atomic E-state index is 0.472. The Balaban J connectivity index is 2.03. The molecule has 0 spiro atoms. The minimum Gasteiger partial charge on any atom is -0.492 e. The molecule has 17 heavy (non-hydrogen) atoms. The van der Waals surface area contributed by atoms with E-state index in [0.717, 1.165) is 22.4 Å². The van der Waals surface area contributed by atoms with Gasteiger partial charge in [0.05, 0.1) is 12.3 Å². The van der Waals surface area contributed by atoms with Crippen molar-refractivity contribution in [2.75, 3.05) is 11.9 Å². The van der Waals surface area contributed by atoms with E-state index >= 15 is 0 Å². The lowest BCUT2D eigenvalue weighted by molar-refractivity contribution is 0.341. The van der Waals surface area contributed by atoms with Gasteiger partial charge in [-0.25, -0.2) is 0 Å². The smallest absolute Gasteiger partial charge is 0.142 e. The molecule has 0 aliphatic heterocycles. The molecule has 1 aliphatic carbocycles. The van der Waals surface area contributed by atoms with Gasteiger partial charge in [-0.1, -0.05) is 24.4 Å². The summed E-state index contributed by atoms with van der Waals surface area (Å²) < 4.78 is 5.59. The van der Waals surface area contributed by atoms with Crippen LogP contribution in [0.2, 0.25) is 5.02 Å². The summed E-state index contributed by atoms with van der Waals surface area (Å²) in [6, 6.07) is 6.21. The van der Waals surface area contributed by atoms with E-state index in [-0.39, 0.29) is 0 Å². The third kappa shape index (κ3) is 3.81. The zero-order chi connectivity index (χ0) is 12.3. The van der Waals surface area contributed by atoms with E-state index in [9.17, 15) is 0 Å². The van der Waals surface area contributed by atoms with Crippen LogP contribution >= 0.6 is 11.6 Å². The fourth-order valence-corrected chi connectivity index (χ4v) is 2.25. The number of ether oxygens (including phenoxy) is 1. The molecule has 0 heterocycles. The highest BCUT2D eigenvalue weighted by Gasteiger charge is 2.23. The molecule has 0 amide bonds. The van der Waals surface area contributed by atoms with Crippen molar-refractivity contribution >= 4 is 17.3 Å². The Kier molecular flexibility index (Phi) is 4.16. The predicted molar refractivity (Wildman–Crippen MR) is 73.0 cm³/mol. The van der Waals surface area contributed by atoms with E-state index in [1.165, 1.54) is 19.3 Å². The van der Waals surface area contributed by atoms with Gasteiger partial charge in [-0.15, -0.1) is 0 Å². The Morgan fingerprint density at radius 3 is 2.88 bits per heavy atom. The molecule has 0 aromatic heterocycles. The van der Waals surface area contributed by atoms with Crippen molar-refractivity contribution in [2.45, 2.75) is 39.2 Å². The standard InChI is InChI=1S/C14H20ClNO/c1-3-17-14-7-6-12(15)9-13(14)16-10(2)8-11-4-5-11/h6-7,9-11,16H,3-5,8H2,1-2H3. The summed E-state index contributed by atoms with van der Waals surface area (Å²) >= 11 is 6.02. The molecule has 3 heteroatoms. The number of nitrogens with one attached hydrogen (secondary N) is 1. The molecule has 1 aliphatic rings. The number of halogens is 1. The van der Waals surface area contributed by atoms with Crippen LogP contribution in [-0.2, 0) is 0 Å². The second kappa shape index (κ2) is 5.63. The molecule has 1 N–H and O–H groups in total. The first kappa shape index (κ1) is 12.6. The van der Waals surface area contributed by atoms with Crippen LogP contribution in [-0.4, -0.2) is 12.6 Å². The lowest BCUT2D eigenvalue weighted by Gasteiger charge is -2.18. The summed E-state index contributed by atoms with van der Waals surface area (Å²) in [6.07, 6.45) is 4.01. The van der Waals surface area contributed by atoms with Crippen molar-refractivity contribution in [3.8, 4) is 5.75 Å². The third-order valence-corrected chi connectivity index (χ3v) is 3.26. The van der Waals surface area contributed by atoms with Crippen molar-refractivity contribution in [2.24, 2.45) is 5.92 Å². The van der Waals surface area contributed by atoms with Gasteiger partial charge >= 0.3 is 0 Å². The van der Waals surface area contributed by atoms with Crippen LogP contribution in [0.25, 0.3) is 0 Å². The predicted octanol–water partition coefficient (Wildman–Crippen LogP) is 4.34. The van der Waals surface area contributed by atoms with E-state index in [1.54, 1.807) is 0 Å². The lowest BCUT2D eigenvalue weighted by Crippen LogP contribution is -2.16. The number of benzene rings is 1. The van der Waals surface area contributed by atoms with Crippen LogP contribution in [0.4, 0.5) is 5.69 Å². The van der Waals surface area contributed by atoms with Gasteiger partial charge in [0, 0.05) is 11.1 Å². The average Bonchev–Trinajstić information content (AvgIpc) is 3.06. The Bertz CT molecular complexity index is 376. The van der Waals surface area contributed by atoms with E-state index in [4.69, 9.17) is 16.3 Å². The molecule has 0 saturated heterocycles. The molecule has 1 saturated carbocycles. The topological polar surface area (TPSA) is 21.3 Å². The molecule has 1 unspecified atom stereocenters. The van der Waals surface area contributed by atoms with Crippen molar-refractivity contribution in [3.63, 3.8) is 0 Å². The Morgan fingerprint density at radius 2 is 2.24 bits per heavy atom. The Labute approximate surface area is 108 Å². The van der Waals surface area contributed by atoms with E-state index < -0.39 is 0 Å². The van der Waals surface area contributed by atoms with Crippen LogP contribution < -0.4 is 10.1 Å². The Hall–Kier alpha value is -0.890. The third-order valence-electron chi connectivity index (χ3n) is 3.03. The molecule has 1 aromatic rings. The van der Waals surface area contributed by atoms with Crippen LogP contribution in [0.3, 0.4) is 0 Å². The monoisotopic (exact) mass is 253 g/mol. The number of hydrogen-bond acceptors (Lipinski definition) is 2. The van der Waals surface area contributed by atoms with Gasteiger partial charge in [0.15, 0.2) is 0 Å². The minimum atomic E-state index is 0.472. The number of hydrogen-bond donors (Lipinski definition) is 1. The Morgan fingerprint density at radius 1 is 1.47 bits per heavy atom. The average molecular weight is 254 g/mol. The maximum absolute atomic E-state index is 6.02. The second-order valence-electron chi connectivity index (χ2n) is 4.80. The van der Waals surface area contributed by atoms with Gasteiger partial charge in [0.2, 0.25) is 0 Å². The number of rotatable bonds is 6. The highest BCUT2D eigenvalue weighted by molar-refractivity contribution is 6.30. The first-order valence-corrected chi connectivity index (χ1v) is 6.75. The van der Waals surface area contributed by atoms with Crippen molar-refractivity contribution in [1.82, 2.24) is 0 Å². The first-order chi connectivity index (χ1) is 8.19. The molecular weight excluding hydrogens is 234 g/mol. The van der Waals surface area contributed by atoms with Crippen LogP contribution in [0.15, 0.2) is 18.2 Å². The zero-order valence-electron chi connectivity index (χ0n) is 10.5. The summed E-state index contributed by atoms with van der Waals surface area (Å²) in [6.45, 7) is 4.88. The molecular formula is C14H20ClNO. The fraction of sp³-hybridized carbons (Fsp3) is 0.571. The zero-order valence-corrected chi connectivity index (χ0v) is 11.3. The van der Waals surface area contributed by atoms with Gasteiger partial charge in [0.25, 0.3) is 0 Å².